The summed E-state index contributed by atoms with van der Waals surface area (Å²) >= 11 is 5.96. The van der Waals surface area contributed by atoms with E-state index in [2.05, 4.69) is 4.74 Å². The lowest BCUT2D eigenvalue weighted by Gasteiger charge is -2.19. The molecule has 0 aliphatic rings. The Bertz CT molecular complexity index is 846. The number of nitrogens with zero attached hydrogens (tertiary/aromatic N) is 1. The number of hydrogen-bond acceptors (Lipinski definition) is 4. The number of benzene rings is 2. The van der Waals surface area contributed by atoms with Gasteiger partial charge in [0.25, 0.3) is 0 Å². The van der Waals surface area contributed by atoms with E-state index in [1.807, 2.05) is 0 Å². The Morgan fingerprint density at radius 3 is 2.44 bits per heavy atom. The number of sulfonamides is 1. The number of alkyl halides is 2. The Morgan fingerprint density at radius 2 is 1.84 bits per heavy atom. The van der Waals surface area contributed by atoms with Crippen LogP contribution < -0.4 is 9.47 Å². The molecule has 2 rings (SSSR count). The summed E-state index contributed by atoms with van der Waals surface area (Å²) in [6.45, 7) is -2.98. The van der Waals surface area contributed by atoms with Crippen molar-refractivity contribution < 1.29 is 26.7 Å². The predicted octanol–water partition coefficient (Wildman–Crippen LogP) is 3.77. The molecule has 0 saturated carbocycles. The third kappa shape index (κ3) is 4.59. The standard InChI is InChI=1S/C16H16ClF2NO4S/c1-20(25(21,22)15-6-4-3-5-12(15)17)10-11-7-8-13(24-16(18)19)14(9-11)23-2/h3-9,16H,10H2,1-2H3. The van der Waals surface area contributed by atoms with Crippen LogP contribution in [0.2, 0.25) is 5.02 Å². The highest BCUT2D eigenvalue weighted by molar-refractivity contribution is 7.89. The van der Waals surface area contributed by atoms with Crippen molar-refractivity contribution in [3.05, 3.63) is 53.1 Å². The van der Waals surface area contributed by atoms with Crippen molar-refractivity contribution in [2.24, 2.45) is 0 Å². The van der Waals surface area contributed by atoms with Crippen molar-refractivity contribution in [3.8, 4) is 11.5 Å². The van der Waals surface area contributed by atoms with Crippen LogP contribution in [-0.2, 0) is 16.6 Å². The number of rotatable bonds is 7. The topological polar surface area (TPSA) is 55.8 Å². The van der Waals surface area contributed by atoms with Crippen LogP contribution in [0.1, 0.15) is 5.56 Å². The molecule has 0 unspecified atom stereocenters. The molecule has 0 aromatic heterocycles. The Kier molecular flexibility index (Phi) is 6.21. The van der Waals surface area contributed by atoms with Gasteiger partial charge in [0.1, 0.15) is 4.90 Å². The minimum absolute atomic E-state index is 0.00112. The van der Waals surface area contributed by atoms with Crippen LogP contribution in [0.5, 0.6) is 11.5 Å². The van der Waals surface area contributed by atoms with Crippen molar-refractivity contribution in [2.75, 3.05) is 14.2 Å². The fourth-order valence-corrected chi connectivity index (χ4v) is 3.82. The smallest absolute Gasteiger partial charge is 0.387 e. The first-order valence-electron chi connectivity index (χ1n) is 7.08. The molecule has 5 nitrogen and oxygen atoms in total. The molecule has 0 heterocycles. The first kappa shape index (κ1) is 19.4. The molecule has 2 aromatic rings. The Balaban J connectivity index is 2.25. The van der Waals surface area contributed by atoms with E-state index in [1.165, 1.54) is 44.5 Å². The summed E-state index contributed by atoms with van der Waals surface area (Å²) in [5.74, 6) is -0.0424. The van der Waals surface area contributed by atoms with Crippen molar-refractivity contribution >= 4 is 21.6 Å². The minimum Gasteiger partial charge on any atom is -0.493 e. The minimum atomic E-state index is -3.81. The zero-order valence-corrected chi connectivity index (χ0v) is 15.0. The van der Waals surface area contributed by atoms with Crippen molar-refractivity contribution in [3.63, 3.8) is 0 Å². The maximum absolute atomic E-state index is 12.6. The average Bonchev–Trinajstić information content (AvgIpc) is 2.55. The van der Waals surface area contributed by atoms with Crippen LogP contribution in [0.15, 0.2) is 47.4 Å². The van der Waals surface area contributed by atoms with Crippen LogP contribution >= 0.6 is 11.6 Å². The van der Waals surface area contributed by atoms with Gasteiger partial charge in [-0.25, -0.2) is 8.42 Å². The Hall–Kier alpha value is -1.90. The molecule has 9 heteroatoms. The molecule has 0 atom stereocenters. The van der Waals surface area contributed by atoms with E-state index >= 15 is 0 Å². The van der Waals surface area contributed by atoms with E-state index in [0.717, 1.165) is 4.31 Å². The lowest BCUT2D eigenvalue weighted by atomic mass is 10.2. The maximum atomic E-state index is 12.6. The summed E-state index contributed by atoms with van der Waals surface area (Å²) in [4.78, 5) is -0.0104. The van der Waals surface area contributed by atoms with Crippen molar-refractivity contribution in [1.29, 1.82) is 0 Å². The molecule has 0 aliphatic heterocycles. The van der Waals surface area contributed by atoms with Crippen LogP contribution in [0.4, 0.5) is 8.78 Å². The van der Waals surface area contributed by atoms with Gasteiger partial charge >= 0.3 is 6.61 Å². The SMILES string of the molecule is COc1cc(CN(C)S(=O)(=O)c2ccccc2Cl)ccc1OC(F)F. The fourth-order valence-electron chi connectivity index (χ4n) is 2.17. The van der Waals surface area contributed by atoms with Gasteiger partial charge in [-0.15, -0.1) is 0 Å². The lowest BCUT2D eigenvalue weighted by Crippen LogP contribution is -2.26. The van der Waals surface area contributed by atoms with Gasteiger partial charge in [0.2, 0.25) is 10.0 Å². The quantitative estimate of drug-likeness (QED) is 0.721. The molecule has 2 aromatic carbocycles. The molecule has 0 fully saturated rings. The molecule has 0 spiro atoms. The lowest BCUT2D eigenvalue weighted by molar-refractivity contribution is -0.0512. The molecule has 0 N–H and O–H groups in total. The summed E-state index contributed by atoms with van der Waals surface area (Å²) in [5, 5.41) is 0.118. The van der Waals surface area contributed by atoms with Gasteiger partial charge in [-0.3, -0.25) is 0 Å². The van der Waals surface area contributed by atoms with E-state index in [4.69, 9.17) is 16.3 Å². The molecule has 136 valence electrons. The van der Waals surface area contributed by atoms with E-state index in [-0.39, 0.29) is 28.0 Å². The zero-order valence-electron chi connectivity index (χ0n) is 13.4. The van der Waals surface area contributed by atoms with Crippen molar-refractivity contribution in [1.82, 2.24) is 4.31 Å². The van der Waals surface area contributed by atoms with E-state index < -0.39 is 16.6 Å². The molecule has 0 amide bonds. The third-order valence-corrected chi connectivity index (χ3v) is 5.68. The predicted molar refractivity (Wildman–Crippen MR) is 89.7 cm³/mol. The molecular formula is C16H16ClF2NO4S. The van der Waals surface area contributed by atoms with Crippen LogP contribution in [0.25, 0.3) is 0 Å². The van der Waals surface area contributed by atoms with Crippen LogP contribution in [0, 0.1) is 0 Å². The van der Waals surface area contributed by atoms with Gasteiger partial charge in [-0.05, 0) is 29.8 Å². The molecule has 0 saturated heterocycles. The second kappa shape index (κ2) is 7.99. The number of hydrogen-bond donors (Lipinski definition) is 0. The summed E-state index contributed by atoms with van der Waals surface area (Å²) in [7, 11) is -1.10. The highest BCUT2D eigenvalue weighted by atomic mass is 35.5. The first-order chi connectivity index (χ1) is 11.8. The molecule has 25 heavy (non-hydrogen) atoms. The third-order valence-electron chi connectivity index (χ3n) is 3.37. The van der Waals surface area contributed by atoms with Gasteiger partial charge < -0.3 is 9.47 Å². The second-order valence-electron chi connectivity index (χ2n) is 5.06. The van der Waals surface area contributed by atoms with Crippen LogP contribution in [-0.4, -0.2) is 33.5 Å². The summed E-state index contributed by atoms with van der Waals surface area (Å²) < 4.78 is 60.4. The summed E-state index contributed by atoms with van der Waals surface area (Å²) in [5.41, 5.74) is 0.539. The number of ether oxygens (including phenoxy) is 2. The summed E-state index contributed by atoms with van der Waals surface area (Å²) in [6.07, 6.45) is 0. The molecule has 0 radical (unpaired) electrons. The molecular weight excluding hydrogens is 376 g/mol. The first-order valence-corrected chi connectivity index (χ1v) is 8.90. The summed E-state index contributed by atoms with van der Waals surface area (Å²) in [6, 6.07) is 10.3. The van der Waals surface area contributed by atoms with Gasteiger partial charge in [-0.1, -0.05) is 29.8 Å². The largest absolute Gasteiger partial charge is 0.493 e. The monoisotopic (exact) mass is 391 g/mol. The Morgan fingerprint density at radius 1 is 1.16 bits per heavy atom. The normalized spacial score (nSPS) is 11.8. The number of halogens is 3. The van der Waals surface area contributed by atoms with Gasteiger partial charge in [0.05, 0.1) is 12.1 Å². The highest BCUT2D eigenvalue weighted by Crippen LogP contribution is 2.31. The van der Waals surface area contributed by atoms with Gasteiger partial charge in [0, 0.05) is 13.6 Å². The maximum Gasteiger partial charge on any atom is 0.387 e. The van der Waals surface area contributed by atoms with E-state index in [0.29, 0.717) is 5.56 Å². The fraction of sp³-hybridized carbons (Fsp3) is 0.250. The van der Waals surface area contributed by atoms with E-state index in [9.17, 15) is 17.2 Å². The van der Waals surface area contributed by atoms with E-state index in [1.54, 1.807) is 12.1 Å². The van der Waals surface area contributed by atoms with Gasteiger partial charge in [-0.2, -0.15) is 13.1 Å². The zero-order chi connectivity index (χ0) is 18.6. The molecule has 0 bridgehead atoms. The average molecular weight is 392 g/mol. The number of methoxy groups -OCH3 is 1. The van der Waals surface area contributed by atoms with Crippen molar-refractivity contribution in [2.45, 2.75) is 18.1 Å². The molecule has 0 aliphatic carbocycles. The van der Waals surface area contributed by atoms with Crippen LogP contribution in [0.3, 0.4) is 0 Å². The Labute approximate surface area is 149 Å². The van der Waals surface area contributed by atoms with Gasteiger partial charge in [0.15, 0.2) is 11.5 Å². The second-order valence-corrected chi connectivity index (χ2v) is 7.48. The highest BCUT2D eigenvalue weighted by Gasteiger charge is 2.23.